The van der Waals surface area contributed by atoms with Crippen molar-refractivity contribution in [1.82, 2.24) is 9.80 Å². The summed E-state index contributed by atoms with van der Waals surface area (Å²) in [6.45, 7) is 8.08. The number of benzene rings is 1. The Hall–Kier alpha value is -2.12. The topological polar surface area (TPSA) is 79.3 Å². The molecule has 1 aromatic rings. The largest absolute Gasteiger partial charge is 0.460 e. The van der Waals surface area contributed by atoms with E-state index in [1.54, 1.807) is 11.8 Å². The Morgan fingerprint density at radius 3 is 2.52 bits per heavy atom. The number of carbonyl (C=O) groups excluding carboxylic acids is 2. The molecule has 0 saturated carbocycles. The van der Waals surface area contributed by atoms with Crippen LogP contribution in [0.2, 0.25) is 0 Å². The number of likely N-dealkylation sites (tertiary alicyclic amines) is 1. The molecule has 2 saturated heterocycles. The summed E-state index contributed by atoms with van der Waals surface area (Å²) < 4.78 is 11.0. The van der Waals surface area contributed by atoms with Gasteiger partial charge in [-0.1, -0.05) is 30.3 Å². The van der Waals surface area contributed by atoms with Crippen LogP contribution in [0.25, 0.3) is 0 Å². The average molecular weight is 405 g/mol. The molecule has 1 unspecified atom stereocenters. The van der Waals surface area contributed by atoms with Crippen molar-refractivity contribution in [3.8, 4) is 0 Å². The third kappa shape index (κ3) is 5.28. The lowest BCUT2D eigenvalue weighted by molar-refractivity contribution is -0.149. The first-order chi connectivity index (χ1) is 13.7. The van der Waals surface area contributed by atoms with E-state index < -0.39 is 11.7 Å². The summed E-state index contributed by atoms with van der Waals surface area (Å²) in [5.74, 6) is -0.329. The molecule has 1 amide bonds. The van der Waals surface area contributed by atoms with Gasteiger partial charge >= 0.3 is 12.1 Å². The summed E-state index contributed by atoms with van der Waals surface area (Å²) in [5.41, 5.74) is 0.359. The zero-order chi connectivity index (χ0) is 21.2. The second kappa shape index (κ2) is 8.71. The van der Waals surface area contributed by atoms with Crippen molar-refractivity contribution in [2.24, 2.45) is 0 Å². The highest BCUT2D eigenvalue weighted by molar-refractivity contribution is 5.72. The molecule has 2 heterocycles. The molecule has 7 nitrogen and oxygen atoms in total. The van der Waals surface area contributed by atoms with E-state index in [0.29, 0.717) is 6.54 Å². The minimum absolute atomic E-state index is 0.0215. The first-order valence-corrected chi connectivity index (χ1v) is 10.3. The van der Waals surface area contributed by atoms with E-state index in [1.165, 1.54) is 0 Å². The van der Waals surface area contributed by atoms with Gasteiger partial charge in [0.05, 0.1) is 24.7 Å². The van der Waals surface area contributed by atoms with Gasteiger partial charge < -0.3 is 14.6 Å². The molecule has 2 aliphatic rings. The van der Waals surface area contributed by atoms with E-state index in [-0.39, 0.29) is 43.3 Å². The summed E-state index contributed by atoms with van der Waals surface area (Å²) >= 11 is 0. The maximum Gasteiger partial charge on any atom is 0.410 e. The summed E-state index contributed by atoms with van der Waals surface area (Å²) in [6.07, 6.45) is 0.588. The molecule has 2 aliphatic heterocycles. The SMILES string of the molecule is CC(O)[C@H]1[C@@H]2CC[C@H](CN1CC(=O)OCc1ccccc1)N2C(=O)OC(C)(C)C. The summed E-state index contributed by atoms with van der Waals surface area (Å²) in [6, 6.07) is 9.01. The minimum Gasteiger partial charge on any atom is -0.460 e. The van der Waals surface area contributed by atoms with E-state index in [0.717, 1.165) is 18.4 Å². The van der Waals surface area contributed by atoms with E-state index in [1.807, 2.05) is 56.0 Å². The fourth-order valence-corrected chi connectivity index (χ4v) is 4.41. The molecule has 3 rings (SSSR count). The molecule has 7 heteroatoms. The van der Waals surface area contributed by atoms with Crippen molar-refractivity contribution >= 4 is 12.1 Å². The lowest BCUT2D eigenvalue weighted by Gasteiger charge is -2.47. The molecule has 1 aromatic carbocycles. The number of amides is 1. The van der Waals surface area contributed by atoms with Crippen LogP contribution in [0, 0.1) is 0 Å². The van der Waals surface area contributed by atoms with Crippen LogP contribution in [0.4, 0.5) is 4.79 Å². The first kappa shape index (κ1) is 21.6. The van der Waals surface area contributed by atoms with Crippen molar-refractivity contribution in [2.45, 2.75) is 77.0 Å². The summed E-state index contributed by atoms with van der Waals surface area (Å²) in [7, 11) is 0. The Labute approximate surface area is 172 Å². The van der Waals surface area contributed by atoms with E-state index in [2.05, 4.69) is 0 Å². The van der Waals surface area contributed by atoms with E-state index in [9.17, 15) is 14.7 Å². The predicted molar refractivity (Wildman–Crippen MR) is 108 cm³/mol. The van der Waals surface area contributed by atoms with Gasteiger partial charge in [-0.3, -0.25) is 14.6 Å². The number of aliphatic hydroxyl groups excluding tert-OH is 1. The number of hydrogen-bond donors (Lipinski definition) is 1. The molecular formula is C22H32N2O5. The van der Waals surface area contributed by atoms with E-state index >= 15 is 0 Å². The van der Waals surface area contributed by atoms with Gasteiger partial charge in [0.15, 0.2) is 0 Å². The van der Waals surface area contributed by atoms with Gasteiger partial charge in [0, 0.05) is 12.6 Å². The van der Waals surface area contributed by atoms with Crippen molar-refractivity contribution in [2.75, 3.05) is 13.1 Å². The number of aliphatic hydroxyl groups is 1. The lowest BCUT2D eigenvalue weighted by Crippen LogP contribution is -2.65. The Kier molecular flexibility index (Phi) is 6.49. The average Bonchev–Trinajstić information content (AvgIpc) is 2.94. The van der Waals surface area contributed by atoms with Crippen LogP contribution in [-0.2, 0) is 20.9 Å². The Morgan fingerprint density at radius 1 is 1.21 bits per heavy atom. The second-order valence-electron chi connectivity index (χ2n) is 8.99. The predicted octanol–water partition coefficient (Wildman–Crippen LogP) is 2.56. The van der Waals surface area contributed by atoms with Crippen molar-refractivity contribution < 1.29 is 24.2 Å². The summed E-state index contributed by atoms with van der Waals surface area (Å²) in [5, 5.41) is 10.4. The fourth-order valence-electron chi connectivity index (χ4n) is 4.41. The van der Waals surface area contributed by atoms with Gasteiger partial charge in [0.1, 0.15) is 12.2 Å². The second-order valence-corrected chi connectivity index (χ2v) is 8.99. The molecule has 1 N–H and O–H groups in total. The molecule has 0 aromatic heterocycles. The van der Waals surface area contributed by atoms with Crippen LogP contribution in [0.15, 0.2) is 30.3 Å². The van der Waals surface area contributed by atoms with Crippen molar-refractivity contribution in [3.05, 3.63) is 35.9 Å². The third-order valence-corrected chi connectivity index (χ3v) is 5.48. The monoisotopic (exact) mass is 404 g/mol. The highest BCUT2D eigenvalue weighted by atomic mass is 16.6. The van der Waals surface area contributed by atoms with Crippen LogP contribution in [0.1, 0.15) is 46.1 Å². The number of carbonyl (C=O) groups is 2. The lowest BCUT2D eigenvalue weighted by atomic mass is 9.98. The molecule has 0 radical (unpaired) electrons. The number of piperazine rings is 1. The number of hydrogen-bond acceptors (Lipinski definition) is 6. The van der Waals surface area contributed by atoms with Gasteiger partial charge in [-0.05, 0) is 46.1 Å². The maximum atomic E-state index is 12.7. The number of esters is 1. The molecule has 2 bridgehead atoms. The van der Waals surface area contributed by atoms with Gasteiger partial charge in [0.2, 0.25) is 0 Å². The highest BCUT2D eigenvalue weighted by Gasteiger charge is 2.51. The smallest absolute Gasteiger partial charge is 0.410 e. The minimum atomic E-state index is -0.689. The fraction of sp³-hybridized carbons (Fsp3) is 0.636. The zero-order valence-corrected chi connectivity index (χ0v) is 17.7. The molecular weight excluding hydrogens is 372 g/mol. The normalized spacial score (nSPS) is 25.6. The van der Waals surface area contributed by atoms with Gasteiger partial charge in [-0.25, -0.2) is 4.79 Å². The van der Waals surface area contributed by atoms with Gasteiger partial charge in [-0.2, -0.15) is 0 Å². The van der Waals surface area contributed by atoms with Crippen molar-refractivity contribution in [3.63, 3.8) is 0 Å². The Morgan fingerprint density at radius 2 is 1.90 bits per heavy atom. The molecule has 29 heavy (non-hydrogen) atoms. The molecule has 4 atom stereocenters. The number of fused-ring (bicyclic) bond motifs is 2. The zero-order valence-electron chi connectivity index (χ0n) is 17.7. The van der Waals surface area contributed by atoms with Crippen LogP contribution >= 0.6 is 0 Å². The number of nitrogens with zero attached hydrogens (tertiary/aromatic N) is 2. The van der Waals surface area contributed by atoms with Crippen LogP contribution in [-0.4, -0.2) is 69.9 Å². The number of ether oxygens (including phenoxy) is 2. The standard InChI is InChI=1S/C22H32N2O5/c1-15(25)20-18-11-10-17(24(18)21(27)29-22(2,3)4)12-23(20)13-19(26)28-14-16-8-6-5-7-9-16/h5-9,15,17-18,20,25H,10-14H2,1-4H3/t15?,17-,18+,20+/m1/s1. The molecule has 0 spiro atoms. The Bertz CT molecular complexity index is 716. The van der Waals surface area contributed by atoms with Gasteiger partial charge in [-0.15, -0.1) is 0 Å². The summed E-state index contributed by atoms with van der Waals surface area (Å²) in [4.78, 5) is 28.9. The van der Waals surface area contributed by atoms with Gasteiger partial charge in [0.25, 0.3) is 0 Å². The molecule has 160 valence electrons. The van der Waals surface area contributed by atoms with Crippen LogP contribution in [0.5, 0.6) is 0 Å². The number of rotatable bonds is 5. The molecule has 0 aliphatic carbocycles. The Balaban J connectivity index is 1.65. The van der Waals surface area contributed by atoms with Crippen LogP contribution in [0.3, 0.4) is 0 Å². The van der Waals surface area contributed by atoms with E-state index in [4.69, 9.17) is 9.47 Å². The maximum absolute atomic E-state index is 12.7. The third-order valence-electron chi connectivity index (χ3n) is 5.48. The molecule has 2 fully saturated rings. The highest BCUT2D eigenvalue weighted by Crippen LogP contribution is 2.36. The van der Waals surface area contributed by atoms with Crippen LogP contribution < -0.4 is 0 Å². The van der Waals surface area contributed by atoms with Crippen molar-refractivity contribution in [1.29, 1.82) is 0 Å². The quantitative estimate of drug-likeness (QED) is 0.760. The first-order valence-electron chi connectivity index (χ1n) is 10.3.